The van der Waals surface area contributed by atoms with Gasteiger partial charge < -0.3 is 5.11 Å². The van der Waals surface area contributed by atoms with E-state index in [-0.39, 0.29) is 16.7 Å². The van der Waals surface area contributed by atoms with Crippen molar-refractivity contribution in [2.45, 2.75) is 26.1 Å². The zero-order chi connectivity index (χ0) is 12.5. The Morgan fingerprint density at radius 2 is 2.12 bits per heavy atom. The molecule has 0 bridgehead atoms. The van der Waals surface area contributed by atoms with Crippen LogP contribution in [-0.4, -0.2) is 20.9 Å². The molecule has 0 aliphatic carbocycles. The van der Waals surface area contributed by atoms with Crippen LogP contribution in [0.5, 0.6) is 0 Å². The van der Waals surface area contributed by atoms with E-state index in [2.05, 4.69) is 21.0 Å². The van der Waals surface area contributed by atoms with E-state index in [9.17, 15) is 18.0 Å². The summed E-state index contributed by atoms with van der Waals surface area (Å²) in [5, 5.41) is 11.9. The van der Waals surface area contributed by atoms with Crippen LogP contribution in [0.3, 0.4) is 0 Å². The van der Waals surface area contributed by atoms with E-state index < -0.39 is 24.3 Å². The summed E-state index contributed by atoms with van der Waals surface area (Å²) in [6, 6.07) is 0. The number of hydrogen-bond acceptors (Lipinski definition) is 2. The van der Waals surface area contributed by atoms with Gasteiger partial charge in [-0.05, 0) is 22.9 Å². The Morgan fingerprint density at radius 1 is 1.56 bits per heavy atom. The van der Waals surface area contributed by atoms with E-state index in [1.165, 1.54) is 0 Å². The van der Waals surface area contributed by atoms with Crippen molar-refractivity contribution >= 4 is 21.9 Å². The number of carboxylic acids is 1. The second-order valence-corrected chi connectivity index (χ2v) is 3.75. The predicted octanol–water partition coefficient (Wildman–Crippen LogP) is 2.31. The molecule has 1 N–H and O–H groups in total. The van der Waals surface area contributed by atoms with E-state index in [1.807, 2.05) is 0 Å². The van der Waals surface area contributed by atoms with E-state index in [1.54, 1.807) is 6.92 Å². The maximum Gasteiger partial charge on any atom is 0.435 e. The number of carbonyl (C=O) groups is 1. The molecule has 0 radical (unpaired) electrons. The number of nitrogens with zero attached hydrogens (tertiary/aromatic N) is 2. The number of aryl methyl sites for hydroxylation is 1. The Labute approximate surface area is 97.2 Å². The molecule has 8 heteroatoms. The van der Waals surface area contributed by atoms with Crippen LogP contribution < -0.4 is 0 Å². The smallest absolute Gasteiger partial charge is 0.435 e. The van der Waals surface area contributed by atoms with Gasteiger partial charge in [-0.25, -0.2) is 0 Å². The van der Waals surface area contributed by atoms with Gasteiger partial charge in [0.25, 0.3) is 0 Å². The molecule has 1 aromatic rings. The molecule has 0 unspecified atom stereocenters. The van der Waals surface area contributed by atoms with Gasteiger partial charge in [0.05, 0.1) is 6.42 Å². The molecule has 4 nitrogen and oxygen atoms in total. The second kappa shape index (κ2) is 4.44. The van der Waals surface area contributed by atoms with Crippen LogP contribution in [0, 0.1) is 0 Å². The number of aromatic nitrogens is 2. The molecule has 0 aliphatic heterocycles. The minimum absolute atomic E-state index is 0.0599. The average molecular weight is 301 g/mol. The second-order valence-electron chi connectivity index (χ2n) is 3.00. The first kappa shape index (κ1) is 13.0. The van der Waals surface area contributed by atoms with Gasteiger partial charge in [-0.2, -0.15) is 18.3 Å². The summed E-state index contributed by atoms with van der Waals surface area (Å²) in [7, 11) is 0. The van der Waals surface area contributed by atoms with Crippen LogP contribution in [0.25, 0.3) is 0 Å². The molecule has 0 spiro atoms. The van der Waals surface area contributed by atoms with Gasteiger partial charge in [0.2, 0.25) is 0 Å². The van der Waals surface area contributed by atoms with Gasteiger partial charge in [0.15, 0.2) is 5.69 Å². The summed E-state index contributed by atoms with van der Waals surface area (Å²) < 4.78 is 38.7. The fourth-order valence-electron chi connectivity index (χ4n) is 1.22. The van der Waals surface area contributed by atoms with Crippen molar-refractivity contribution in [3.05, 3.63) is 15.9 Å². The van der Waals surface area contributed by atoms with Crippen molar-refractivity contribution in [2.24, 2.45) is 0 Å². The van der Waals surface area contributed by atoms with E-state index in [0.717, 1.165) is 4.68 Å². The van der Waals surface area contributed by atoms with Crippen molar-refractivity contribution in [1.29, 1.82) is 0 Å². The largest absolute Gasteiger partial charge is 0.481 e. The lowest BCUT2D eigenvalue weighted by atomic mass is 10.2. The highest BCUT2D eigenvalue weighted by molar-refractivity contribution is 9.10. The number of aliphatic carboxylic acids is 1. The van der Waals surface area contributed by atoms with Gasteiger partial charge in [-0.3, -0.25) is 9.48 Å². The van der Waals surface area contributed by atoms with Crippen LogP contribution in [0.15, 0.2) is 4.60 Å². The van der Waals surface area contributed by atoms with Gasteiger partial charge in [-0.15, -0.1) is 0 Å². The number of carboxylic acid groups (broad SMARTS) is 1. The minimum Gasteiger partial charge on any atom is -0.481 e. The van der Waals surface area contributed by atoms with Crippen molar-refractivity contribution in [3.8, 4) is 0 Å². The van der Waals surface area contributed by atoms with Crippen LogP contribution >= 0.6 is 15.9 Å². The van der Waals surface area contributed by atoms with E-state index in [4.69, 9.17) is 5.11 Å². The Morgan fingerprint density at radius 3 is 2.50 bits per heavy atom. The number of hydrogen-bond donors (Lipinski definition) is 1. The molecule has 0 saturated carbocycles. The monoisotopic (exact) mass is 300 g/mol. The fraction of sp³-hybridized carbons (Fsp3) is 0.500. The lowest BCUT2D eigenvalue weighted by Crippen LogP contribution is -2.12. The zero-order valence-corrected chi connectivity index (χ0v) is 9.76. The van der Waals surface area contributed by atoms with Crippen molar-refractivity contribution in [2.75, 3.05) is 0 Å². The molecule has 0 aliphatic rings. The van der Waals surface area contributed by atoms with Crippen molar-refractivity contribution in [3.63, 3.8) is 0 Å². The molecule has 0 fully saturated rings. The average Bonchev–Trinajstić information content (AvgIpc) is 2.42. The molecule has 1 aromatic heterocycles. The Hall–Kier alpha value is -1.05. The molecule has 0 amide bonds. The van der Waals surface area contributed by atoms with Gasteiger partial charge in [0.1, 0.15) is 4.60 Å². The topological polar surface area (TPSA) is 55.1 Å². The first-order valence-electron chi connectivity index (χ1n) is 4.31. The quantitative estimate of drug-likeness (QED) is 0.932. The molecule has 0 saturated heterocycles. The minimum atomic E-state index is -4.65. The maximum absolute atomic E-state index is 12.5. The Balaban J connectivity index is 3.30. The molecule has 90 valence electrons. The highest BCUT2D eigenvalue weighted by Gasteiger charge is 2.39. The molecule has 1 rings (SSSR count). The summed E-state index contributed by atoms with van der Waals surface area (Å²) in [6.45, 7) is 1.84. The molecule has 0 atom stereocenters. The molecular formula is C8H8BrF3N2O2. The van der Waals surface area contributed by atoms with Crippen LogP contribution in [0.2, 0.25) is 0 Å². The Bertz CT molecular complexity index is 414. The summed E-state index contributed by atoms with van der Waals surface area (Å²) in [6.07, 6.45) is -5.36. The molecule has 0 aromatic carbocycles. The van der Waals surface area contributed by atoms with Crippen LogP contribution in [0.1, 0.15) is 18.2 Å². The number of rotatable bonds is 3. The molecule has 16 heavy (non-hydrogen) atoms. The highest BCUT2D eigenvalue weighted by atomic mass is 79.9. The molecule has 1 heterocycles. The van der Waals surface area contributed by atoms with Crippen LogP contribution in [-0.2, 0) is 23.9 Å². The Kier molecular flexibility index (Phi) is 3.61. The third kappa shape index (κ3) is 2.55. The summed E-state index contributed by atoms with van der Waals surface area (Å²) in [4.78, 5) is 10.5. The first-order valence-corrected chi connectivity index (χ1v) is 5.10. The standard InChI is InChI=1S/C8H8BrF3N2O2/c1-2-14-7(9)4(3-5(15)16)6(13-14)8(10,11)12/h2-3H2,1H3,(H,15,16). The lowest BCUT2D eigenvalue weighted by molar-refractivity contribution is -0.142. The molecular weight excluding hydrogens is 293 g/mol. The third-order valence-corrected chi connectivity index (χ3v) is 2.77. The van der Waals surface area contributed by atoms with E-state index in [0.29, 0.717) is 0 Å². The third-order valence-electron chi connectivity index (χ3n) is 1.88. The maximum atomic E-state index is 12.5. The number of alkyl halides is 3. The van der Waals surface area contributed by atoms with E-state index >= 15 is 0 Å². The predicted molar refractivity (Wildman–Crippen MR) is 51.9 cm³/mol. The van der Waals surface area contributed by atoms with Gasteiger partial charge in [0, 0.05) is 12.1 Å². The fourth-order valence-corrected chi connectivity index (χ4v) is 1.88. The highest BCUT2D eigenvalue weighted by Crippen LogP contribution is 2.34. The zero-order valence-electron chi connectivity index (χ0n) is 8.18. The normalized spacial score (nSPS) is 11.8. The van der Waals surface area contributed by atoms with Gasteiger partial charge >= 0.3 is 12.1 Å². The number of halogens is 4. The summed E-state index contributed by atoms with van der Waals surface area (Å²) >= 11 is 2.92. The van der Waals surface area contributed by atoms with Crippen molar-refractivity contribution in [1.82, 2.24) is 9.78 Å². The lowest BCUT2D eigenvalue weighted by Gasteiger charge is -2.04. The first-order chi connectivity index (χ1) is 7.27. The summed E-state index contributed by atoms with van der Waals surface area (Å²) in [5.74, 6) is -1.33. The van der Waals surface area contributed by atoms with Crippen LogP contribution in [0.4, 0.5) is 13.2 Å². The van der Waals surface area contributed by atoms with Gasteiger partial charge in [-0.1, -0.05) is 0 Å². The van der Waals surface area contributed by atoms with Crippen molar-refractivity contribution < 1.29 is 23.1 Å². The SMILES string of the molecule is CCn1nc(C(F)(F)F)c(CC(=O)O)c1Br. The summed E-state index contributed by atoms with van der Waals surface area (Å²) in [5.41, 5.74) is -1.49.